The zero-order valence-corrected chi connectivity index (χ0v) is 14.2. The molecule has 0 radical (unpaired) electrons. The molecule has 1 aliphatic heterocycles. The molecular weight excluding hydrogens is 331 g/mol. The Bertz CT molecular complexity index is 759. The summed E-state index contributed by atoms with van der Waals surface area (Å²) in [5, 5.41) is 0. The Morgan fingerprint density at radius 2 is 1.68 bits per heavy atom. The van der Waals surface area contributed by atoms with Gasteiger partial charge >= 0.3 is 6.18 Å². The number of rotatable bonds is 4. The molecule has 2 aromatic rings. The molecule has 1 N–H and O–H groups in total. The molecule has 1 unspecified atom stereocenters. The molecule has 25 heavy (non-hydrogen) atoms. The summed E-state index contributed by atoms with van der Waals surface area (Å²) in [7, 11) is 3.21. The van der Waals surface area contributed by atoms with E-state index in [9.17, 15) is 13.2 Å². The van der Waals surface area contributed by atoms with E-state index < -0.39 is 11.7 Å². The van der Waals surface area contributed by atoms with Crippen molar-refractivity contribution in [1.29, 1.82) is 0 Å². The van der Waals surface area contributed by atoms with Gasteiger partial charge in [-0.2, -0.15) is 13.2 Å². The lowest BCUT2D eigenvalue weighted by Gasteiger charge is -2.27. The quantitative estimate of drug-likeness (QED) is 0.914. The SMILES string of the molecule is COc1cc2c(cc1OC)C[NH+](Cc1cccc(C(F)(F)F)c1)CC2. The Balaban J connectivity index is 1.77. The van der Waals surface area contributed by atoms with E-state index in [-0.39, 0.29) is 0 Å². The Labute approximate surface area is 145 Å². The third-order valence-electron chi connectivity index (χ3n) is 4.60. The smallest absolute Gasteiger partial charge is 0.416 e. The number of hydrogen-bond acceptors (Lipinski definition) is 2. The van der Waals surface area contributed by atoms with Gasteiger partial charge in [0.15, 0.2) is 11.5 Å². The van der Waals surface area contributed by atoms with Crippen molar-refractivity contribution in [3.05, 3.63) is 58.7 Å². The van der Waals surface area contributed by atoms with Gasteiger partial charge < -0.3 is 14.4 Å². The van der Waals surface area contributed by atoms with Crippen molar-refractivity contribution >= 4 is 0 Å². The van der Waals surface area contributed by atoms with E-state index in [4.69, 9.17) is 9.47 Å². The van der Waals surface area contributed by atoms with Gasteiger partial charge in [0.25, 0.3) is 0 Å². The summed E-state index contributed by atoms with van der Waals surface area (Å²) >= 11 is 0. The highest BCUT2D eigenvalue weighted by molar-refractivity contribution is 5.47. The lowest BCUT2D eigenvalue weighted by molar-refractivity contribution is -0.929. The number of quaternary nitrogens is 1. The first kappa shape index (κ1) is 17.6. The fourth-order valence-corrected chi connectivity index (χ4v) is 3.33. The molecule has 0 aliphatic carbocycles. The maximum absolute atomic E-state index is 12.9. The molecule has 1 heterocycles. The first-order chi connectivity index (χ1) is 11.9. The van der Waals surface area contributed by atoms with Gasteiger partial charge in [0, 0.05) is 17.5 Å². The Kier molecular flexibility index (Phi) is 4.90. The van der Waals surface area contributed by atoms with Gasteiger partial charge in [0.1, 0.15) is 13.1 Å². The number of fused-ring (bicyclic) bond motifs is 1. The van der Waals surface area contributed by atoms with E-state index in [2.05, 4.69) is 0 Å². The van der Waals surface area contributed by atoms with E-state index in [0.29, 0.717) is 23.6 Å². The van der Waals surface area contributed by atoms with E-state index in [1.165, 1.54) is 22.6 Å². The number of halogens is 3. The van der Waals surface area contributed by atoms with E-state index in [0.717, 1.165) is 31.1 Å². The maximum Gasteiger partial charge on any atom is 0.416 e. The maximum atomic E-state index is 12.9. The van der Waals surface area contributed by atoms with Crippen LogP contribution < -0.4 is 14.4 Å². The van der Waals surface area contributed by atoms with Crippen LogP contribution in [0.3, 0.4) is 0 Å². The summed E-state index contributed by atoms with van der Waals surface area (Å²) < 4.78 is 49.3. The minimum atomic E-state index is -4.30. The molecule has 1 atom stereocenters. The summed E-state index contributed by atoms with van der Waals surface area (Å²) in [6.45, 7) is 2.20. The second kappa shape index (κ2) is 6.96. The van der Waals surface area contributed by atoms with Gasteiger partial charge in [-0.3, -0.25) is 0 Å². The molecule has 2 aromatic carbocycles. The topological polar surface area (TPSA) is 22.9 Å². The molecule has 0 saturated carbocycles. The number of ether oxygens (including phenoxy) is 2. The summed E-state index contributed by atoms with van der Waals surface area (Å²) in [6.07, 6.45) is -3.44. The highest BCUT2D eigenvalue weighted by Gasteiger charge is 2.31. The average Bonchev–Trinajstić information content (AvgIpc) is 2.60. The van der Waals surface area contributed by atoms with Crippen LogP contribution in [0.4, 0.5) is 13.2 Å². The zero-order chi connectivity index (χ0) is 18.0. The van der Waals surface area contributed by atoms with Crippen LogP contribution in [-0.2, 0) is 25.7 Å². The van der Waals surface area contributed by atoms with Crippen molar-refractivity contribution in [2.75, 3.05) is 20.8 Å². The van der Waals surface area contributed by atoms with Gasteiger partial charge in [-0.05, 0) is 29.8 Å². The van der Waals surface area contributed by atoms with Crippen molar-refractivity contribution in [3.8, 4) is 11.5 Å². The summed E-state index contributed by atoms with van der Waals surface area (Å²) in [4.78, 5) is 1.24. The summed E-state index contributed by atoms with van der Waals surface area (Å²) in [5.41, 5.74) is 2.48. The van der Waals surface area contributed by atoms with Gasteiger partial charge in [0.05, 0.1) is 26.3 Å². The largest absolute Gasteiger partial charge is 0.493 e. The third kappa shape index (κ3) is 3.90. The average molecular weight is 352 g/mol. The second-order valence-corrected chi connectivity index (χ2v) is 6.28. The zero-order valence-electron chi connectivity index (χ0n) is 14.2. The van der Waals surface area contributed by atoms with E-state index in [1.54, 1.807) is 20.3 Å². The third-order valence-corrected chi connectivity index (χ3v) is 4.60. The Morgan fingerprint density at radius 1 is 1.00 bits per heavy atom. The Morgan fingerprint density at radius 3 is 2.32 bits per heavy atom. The monoisotopic (exact) mass is 352 g/mol. The number of benzene rings is 2. The fourth-order valence-electron chi connectivity index (χ4n) is 3.33. The van der Waals surface area contributed by atoms with E-state index in [1.807, 2.05) is 12.1 Å². The first-order valence-electron chi connectivity index (χ1n) is 8.14. The molecule has 0 fully saturated rings. The lowest BCUT2D eigenvalue weighted by atomic mass is 9.98. The minimum absolute atomic E-state index is 0.567. The Hall–Kier alpha value is -2.21. The second-order valence-electron chi connectivity index (χ2n) is 6.28. The fraction of sp³-hybridized carbons (Fsp3) is 0.368. The van der Waals surface area contributed by atoms with Crippen LogP contribution in [0.2, 0.25) is 0 Å². The molecule has 3 nitrogen and oxygen atoms in total. The molecule has 6 heteroatoms. The summed E-state index contributed by atoms with van der Waals surface area (Å²) in [5.74, 6) is 1.39. The molecule has 134 valence electrons. The van der Waals surface area contributed by atoms with Gasteiger partial charge in [-0.1, -0.05) is 12.1 Å². The predicted molar refractivity (Wildman–Crippen MR) is 87.9 cm³/mol. The molecule has 0 amide bonds. The van der Waals surface area contributed by atoms with Crippen LogP contribution >= 0.6 is 0 Å². The first-order valence-corrected chi connectivity index (χ1v) is 8.14. The van der Waals surface area contributed by atoms with Gasteiger partial charge in [-0.15, -0.1) is 0 Å². The molecular formula is C19H21F3NO2+. The van der Waals surface area contributed by atoms with Crippen LogP contribution in [0.1, 0.15) is 22.3 Å². The minimum Gasteiger partial charge on any atom is -0.493 e. The van der Waals surface area contributed by atoms with Crippen LogP contribution in [0.25, 0.3) is 0 Å². The molecule has 0 bridgehead atoms. The van der Waals surface area contributed by atoms with Crippen molar-refractivity contribution < 1.29 is 27.5 Å². The number of alkyl halides is 3. The molecule has 3 rings (SSSR count). The van der Waals surface area contributed by atoms with E-state index >= 15 is 0 Å². The van der Waals surface area contributed by atoms with Gasteiger partial charge in [0.2, 0.25) is 0 Å². The van der Waals surface area contributed by atoms with Crippen LogP contribution in [0.15, 0.2) is 36.4 Å². The normalized spacial score (nSPS) is 17.1. The number of nitrogens with one attached hydrogen (secondary N) is 1. The summed E-state index contributed by atoms with van der Waals surface area (Å²) in [6, 6.07) is 9.56. The standard InChI is InChI=1S/C19H20F3NO2/c1-24-17-9-14-6-7-23(12-15(14)10-18(17)25-2)11-13-4-3-5-16(8-13)19(20,21)22/h3-5,8-10H,6-7,11-12H2,1-2H3/p+1. The highest BCUT2D eigenvalue weighted by atomic mass is 19.4. The van der Waals surface area contributed by atoms with Crippen LogP contribution in [-0.4, -0.2) is 20.8 Å². The number of hydrogen-bond donors (Lipinski definition) is 1. The molecule has 0 spiro atoms. The van der Waals surface area contributed by atoms with Crippen molar-refractivity contribution in [3.63, 3.8) is 0 Å². The van der Waals surface area contributed by atoms with Crippen molar-refractivity contribution in [1.82, 2.24) is 0 Å². The molecule has 0 saturated heterocycles. The van der Waals surface area contributed by atoms with Gasteiger partial charge in [-0.25, -0.2) is 0 Å². The molecule has 0 aromatic heterocycles. The number of methoxy groups -OCH3 is 2. The predicted octanol–water partition coefficient (Wildman–Crippen LogP) is 2.86. The van der Waals surface area contributed by atoms with Crippen LogP contribution in [0.5, 0.6) is 11.5 Å². The highest BCUT2D eigenvalue weighted by Crippen LogP contribution is 2.31. The van der Waals surface area contributed by atoms with Crippen molar-refractivity contribution in [2.24, 2.45) is 0 Å². The lowest BCUT2D eigenvalue weighted by Crippen LogP contribution is -3.10. The van der Waals surface area contributed by atoms with Crippen molar-refractivity contribution in [2.45, 2.75) is 25.7 Å². The molecule has 1 aliphatic rings. The van der Waals surface area contributed by atoms with Crippen LogP contribution in [0, 0.1) is 0 Å².